The molecule has 3 heterocycles. The number of carboxylic acid groups (broad SMARTS) is 1. The van der Waals surface area contributed by atoms with Gasteiger partial charge >= 0.3 is 5.97 Å². The number of thiophene rings is 1. The van der Waals surface area contributed by atoms with E-state index in [1.807, 2.05) is 18.2 Å². The smallest absolute Gasteiger partial charge is 0.306 e. The summed E-state index contributed by atoms with van der Waals surface area (Å²) in [5.41, 5.74) is 2.30. The molecule has 4 rings (SSSR count). The molecule has 3 aromatic rings. The fourth-order valence-corrected chi connectivity index (χ4v) is 4.18. The lowest BCUT2D eigenvalue weighted by Crippen LogP contribution is -2.36. The third-order valence-corrected chi connectivity index (χ3v) is 5.47. The largest absolute Gasteiger partial charge is 0.481 e. The minimum Gasteiger partial charge on any atom is -0.481 e. The van der Waals surface area contributed by atoms with Gasteiger partial charge in [-0.25, -0.2) is 9.97 Å². The molecule has 0 aliphatic carbocycles. The molecule has 6 heteroatoms. The molecule has 0 unspecified atom stereocenters. The first-order valence-corrected chi connectivity index (χ1v) is 8.87. The number of nitrogens with zero attached hydrogens (tertiary/aromatic N) is 3. The highest BCUT2D eigenvalue weighted by Crippen LogP contribution is 2.38. The molecule has 1 fully saturated rings. The summed E-state index contributed by atoms with van der Waals surface area (Å²) in [5.74, 6) is -0.0124. The van der Waals surface area contributed by atoms with Crippen LogP contribution in [-0.2, 0) is 4.79 Å². The van der Waals surface area contributed by atoms with Gasteiger partial charge in [-0.3, -0.25) is 4.79 Å². The van der Waals surface area contributed by atoms with Crippen LogP contribution in [0.15, 0.2) is 42.0 Å². The molecule has 1 aliphatic rings. The zero-order chi connectivity index (χ0) is 16.5. The molecule has 1 aliphatic heterocycles. The Morgan fingerprint density at radius 1 is 1.17 bits per heavy atom. The van der Waals surface area contributed by atoms with E-state index in [0.29, 0.717) is 25.9 Å². The van der Waals surface area contributed by atoms with Crippen LogP contribution in [0.4, 0.5) is 5.82 Å². The number of carboxylic acids is 1. The van der Waals surface area contributed by atoms with Crippen LogP contribution in [0.3, 0.4) is 0 Å². The highest BCUT2D eigenvalue weighted by molar-refractivity contribution is 7.17. The summed E-state index contributed by atoms with van der Waals surface area (Å²) in [5, 5.41) is 12.4. The second-order valence-corrected chi connectivity index (χ2v) is 6.85. The number of piperidine rings is 1. The molecular formula is C18H17N3O2S. The average Bonchev–Trinajstić information content (AvgIpc) is 3.07. The minimum absolute atomic E-state index is 0.241. The van der Waals surface area contributed by atoms with Gasteiger partial charge < -0.3 is 10.0 Å². The molecule has 2 aromatic heterocycles. The topological polar surface area (TPSA) is 66.3 Å². The van der Waals surface area contributed by atoms with E-state index in [1.54, 1.807) is 17.7 Å². The molecule has 0 amide bonds. The maximum Gasteiger partial charge on any atom is 0.306 e. The molecule has 1 aromatic carbocycles. The Balaban J connectivity index is 1.74. The van der Waals surface area contributed by atoms with Gasteiger partial charge in [0.2, 0.25) is 0 Å². The van der Waals surface area contributed by atoms with Crippen molar-refractivity contribution >= 4 is 33.3 Å². The molecule has 0 spiro atoms. The molecule has 122 valence electrons. The van der Waals surface area contributed by atoms with Crippen LogP contribution in [0, 0.1) is 5.92 Å². The molecule has 0 atom stereocenters. The molecule has 0 bridgehead atoms. The van der Waals surface area contributed by atoms with E-state index < -0.39 is 5.97 Å². The first-order chi connectivity index (χ1) is 11.7. The number of rotatable bonds is 3. The van der Waals surface area contributed by atoms with Crippen molar-refractivity contribution in [1.29, 1.82) is 0 Å². The van der Waals surface area contributed by atoms with Crippen LogP contribution in [0.2, 0.25) is 0 Å². The lowest BCUT2D eigenvalue weighted by atomic mass is 9.96. The van der Waals surface area contributed by atoms with Crippen molar-refractivity contribution in [2.75, 3.05) is 18.0 Å². The number of aromatic nitrogens is 2. The zero-order valence-corrected chi connectivity index (χ0v) is 13.9. The van der Waals surface area contributed by atoms with E-state index in [-0.39, 0.29) is 5.92 Å². The zero-order valence-electron chi connectivity index (χ0n) is 13.1. The number of aliphatic carboxylic acids is 1. The van der Waals surface area contributed by atoms with Gasteiger partial charge in [-0.05, 0) is 18.4 Å². The molecule has 24 heavy (non-hydrogen) atoms. The summed E-state index contributed by atoms with van der Waals surface area (Å²) in [4.78, 5) is 23.3. The fraction of sp³-hybridized carbons (Fsp3) is 0.278. The predicted molar refractivity (Wildman–Crippen MR) is 95.4 cm³/mol. The molecule has 1 saturated heterocycles. The maximum atomic E-state index is 11.2. The Labute approximate surface area is 143 Å². The Kier molecular flexibility index (Phi) is 3.90. The lowest BCUT2D eigenvalue weighted by molar-refractivity contribution is -0.142. The van der Waals surface area contributed by atoms with E-state index in [4.69, 9.17) is 0 Å². The van der Waals surface area contributed by atoms with Gasteiger partial charge in [-0.2, -0.15) is 0 Å². The summed E-state index contributed by atoms with van der Waals surface area (Å²) < 4.78 is 0. The van der Waals surface area contributed by atoms with Crippen molar-refractivity contribution in [2.45, 2.75) is 12.8 Å². The van der Waals surface area contributed by atoms with E-state index >= 15 is 0 Å². The Bertz CT molecular complexity index is 870. The van der Waals surface area contributed by atoms with Crippen LogP contribution in [0.1, 0.15) is 12.8 Å². The Morgan fingerprint density at radius 3 is 2.62 bits per heavy atom. The predicted octanol–water partition coefficient (Wildman–Crippen LogP) is 3.66. The average molecular weight is 339 g/mol. The van der Waals surface area contributed by atoms with Crippen LogP contribution in [0.25, 0.3) is 21.3 Å². The van der Waals surface area contributed by atoms with Crippen molar-refractivity contribution in [1.82, 2.24) is 9.97 Å². The van der Waals surface area contributed by atoms with Crippen molar-refractivity contribution in [3.8, 4) is 11.1 Å². The summed E-state index contributed by atoms with van der Waals surface area (Å²) >= 11 is 1.62. The second kappa shape index (κ2) is 6.20. The number of fused-ring (bicyclic) bond motifs is 1. The second-order valence-electron chi connectivity index (χ2n) is 5.99. The Hall–Kier alpha value is -2.47. The van der Waals surface area contributed by atoms with Gasteiger partial charge in [-0.1, -0.05) is 30.3 Å². The quantitative estimate of drug-likeness (QED) is 0.789. The molecular weight excluding hydrogens is 322 g/mol. The van der Waals surface area contributed by atoms with Crippen LogP contribution in [0.5, 0.6) is 0 Å². The van der Waals surface area contributed by atoms with E-state index in [1.165, 1.54) is 0 Å². The molecule has 0 saturated carbocycles. The molecule has 1 N–H and O–H groups in total. The number of carbonyl (C=O) groups is 1. The Morgan fingerprint density at radius 2 is 1.92 bits per heavy atom. The van der Waals surface area contributed by atoms with Crippen LogP contribution < -0.4 is 4.90 Å². The number of benzene rings is 1. The summed E-state index contributed by atoms with van der Waals surface area (Å²) in [6.45, 7) is 1.43. The first-order valence-electron chi connectivity index (χ1n) is 7.99. The van der Waals surface area contributed by atoms with Crippen LogP contribution in [-0.4, -0.2) is 34.1 Å². The van der Waals surface area contributed by atoms with Crippen molar-refractivity contribution < 1.29 is 9.90 Å². The van der Waals surface area contributed by atoms with E-state index in [9.17, 15) is 9.90 Å². The van der Waals surface area contributed by atoms with Gasteiger partial charge in [0.25, 0.3) is 0 Å². The first kappa shape index (κ1) is 15.1. The summed E-state index contributed by atoms with van der Waals surface area (Å²) in [6.07, 6.45) is 2.92. The molecule has 5 nitrogen and oxygen atoms in total. The van der Waals surface area contributed by atoms with Crippen LogP contribution >= 0.6 is 11.3 Å². The fourth-order valence-electron chi connectivity index (χ4n) is 3.27. The van der Waals surface area contributed by atoms with E-state index in [0.717, 1.165) is 27.2 Å². The van der Waals surface area contributed by atoms with Crippen molar-refractivity contribution in [3.63, 3.8) is 0 Å². The van der Waals surface area contributed by atoms with Gasteiger partial charge in [-0.15, -0.1) is 11.3 Å². The highest BCUT2D eigenvalue weighted by Gasteiger charge is 2.27. The highest BCUT2D eigenvalue weighted by atomic mass is 32.1. The lowest BCUT2D eigenvalue weighted by Gasteiger charge is -2.31. The summed E-state index contributed by atoms with van der Waals surface area (Å²) in [7, 11) is 0. The van der Waals surface area contributed by atoms with E-state index in [2.05, 4.69) is 32.4 Å². The monoisotopic (exact) mass is 339 g/mol. The van der Waals surface area contributed by atoms with Gasteiger partial charge in [0, 0.05) is 24.0 Å². The number of hydrogen-bond donors (Lipinski definition) is 1. The van der Waals surface area contributed by atoms with Gasteiger partial charge in [0.1, 0.15) is 17.0 Å². The maximum absolute atomic E-state index is 11.2. The minimum atomic E-state index is -0.692. The number of hydrogen-bond acceptors (Lipinski definition) is 5. The summed E-state index contributed by atoms with van der Waals surface area (Å²) in [6, 6.07) is 10.2. The normalized spacial score (nSPS) is 15.8. The standard InChI is InChI=1S/C18H17N3O2S/c22-18(23)13-6-8-21(9-7-13)16-15-14(12-4-2-1-3-5-12)10-24-17(15)20-11-19-16/h1-5,10-11,13H,6-9H2,(H,22,23). The SMILES string of the molecule is O=C(O)C1CCN(c2ncnc3scc(-c4ccccc4)c23)CC1. The van der Waals surface area contributed by atoms with Crippen molar-refractivity contribution in [2.24, 2.45) is 5.92 Å². The van der Waals surface area contributed by atoms with Crippen molar-refractivity contribution in [3.05, 3.63) is 42.0 Å². The molecule has 0 radical (unpaired) electrons. The third kappa shape index (κ3) is 2.63. The third-order valence-electron chi connectivity index (χ3n) is 4.58. The number of anilines is 1. The van der Waals surface area contributed by atoms with Gasteiger partial charge in [0.15, 0.2) is 0 Å². The van der Waals surface area contributed by atoms with Gasteiger partial charge in [0.05, 0.1) is 11.3 Å².